The fraction of sp³-hybridized carbons (Fsp3) is 0.750. The molecule has 6 nitrogen and oxygen atoms in total. The van der Waals surface area contributed by atoms with Crippen LogP contribution >= 0.6 is 0 Å². The van der Waals surface area contributed by atoms with Gasteiger partial charge in [-0.2, -0.15) is 0 Å². The Labute approximate surface area is 107 Å². The van der Waals surface area contributed by atoms with E-state index in [0.29, 0.717) is 19.4 Å². The molecule has 0 aliphatic carbocycles. The molecular formula is C12H21NO5. The minimum absolute atomic E-state index is 0.0153. The molecule has 0 radical (unpaired) electrons. The number of amides is 1. The molecule has 0 rings (SSSR count). The van der Waals surface area contributed by atoms with Crippen LogP contribution < -0.4 is 0 Å². The molecule has 0 aliphatic heterocycles. The molecule has 0 atom stereocenters. The largest absolute Gasteiger partial charge is 0.481 e. The zero-order valence-electron chi connectivity index (χ0n) is 10.9. The van der Waals surface area contributed by atoms with E-state index in [1.807, 2.05) is 13.8 Å². The van der Waals surface area contributed by atoms with E-state index in [9.17, 15) is 14.4 Å². The summed E-state index contributed by atoms with van der Waals surface area (Å²) < 4.78 is 0. The van der Waals surface area contributed by atoms with Crippen LogP contribution in [0.3, 0.4) is 0 Å². The Morgan fingerprint density at radius 2 is 1.56 bits per heavy atom. The maximum absolute atomic E-state index is 11.8. The summed E-state index contributed by atoms with van der Waals surface area (Å²) in [5, 5.41) is 17.1. The van der Waals surface area contributed by atoms with Crippen molar-refractivity contribution in [2.45, 2.75) is 39.5 Å². The van der Waals surface area contributed by atoms with Crippen molar-refractivity contribution in [1.82, 2.24) is 4.90 Å². The van der Waals surface area contributed by atoms with Gasteiger partial charge in [-0.25, -0.2) is 0 Å². The Morgan fingerprint density at radius 1 is 1.00 bits per heavy atom. The first-order valence-corrected chi connectivity index (χ1v) is 6.04. The molecule has 6 heteroatoms. The Hall–Kier alpha value is -1.59. The van der Waals surface area contributed by atoms with Crippen molar-refractivity contribution in [2.75, 3.05) is 13.1 Å². The second-order valence-electron chi connectivity index (χ2n) is 4.62. The highest BCUT2D eigenvalue weighted by Crippen LogP contribution is 2.06. The average molecular weight is 259 g/mol. The minimum atomic E-state index is -0.962. The molecule has 0 saturated heterocycles. The lowest BCUT2D eigenvalue weighted by molar-refractivity contribution is -0.140. The lowest BCUT2D eigenvalue weighted by Crippen LogP contribution is -2.34. The number of carbonyl (C=O) groups excluding carboxylic acids is 1. The SMILES string of the molecule is CC(C)CC(=O)N(CCCC(=O)O)CCC(=O)O. The summed E-state index contributed by atoms with van der Waals surface area (Å²) in [5.74, 6) is -1.79. The third-order valence-corrected chi connectivity index (χ3v) is 2.35. The summed E-state index contributed by atoms with van der Waals surface area (Å²) in [7, 11) is 0. The van der Waals surface area contributed by atoms with Gasteiger partial charge in [0.1, 0.15) is 0 Å². The molecule has 104 valence electrons. The first-order valence-electron chi connectivity index (χ1n) is 6.04. The normalized spacial score (nSPS) is 10.4. The zero-order chi connectivity index (χ0) is 14.1. The standard InChI is InChI=1S/C12H21NO5/c1-9(2)8-10(14)13(7-5-12(17)18)6-3-4-11(15)16/h9H,3-8H2,1-2H3,(H,15,16)(H,17,18). The summed E-state index contributed by atoms with van der Waals surface area (Å²) >= 11 is 0. The van der Waals surface area contributed by atoms with Gasteiger partial charge < -0.3 is 15.1 Å². The fourth-order valence-electron chi connectivity index (χ4n) is 1.49. The Bertz CT molecular complexity index is 301. The van der Waals surface area contributed by atoms with Crippen LogP contribution in [0.2, 0.25) is 0 Å². The summed E-state index contributed by atoms with van der Waals surface area (Å²) in [6, 6.07) is 0. The van der Waals surface area contributed by atoms with Gasteiger partial charge in [-0.05, 0) is 12.3 Å². The van der Waals surface area contributed by atoms with Crippen LogP contribution in [-0.4, -0.2) is 46.0 Å². The molecule has 0 aromatic carbocycles. The predicted molar refractivity (Wildman–Crippen MR) is 65.2 cm³/mol. The second kappa shape index (κ2) is 8.49. The highest BCUT2D eigenvalue weighted by molar-refractivity contribution is 5.77. The van der Waals surface area contributed by atoms with Crippen molar-refractivity contribution < 1.29 is 24.6 Å². The average Bonchev–Trinajstić information content (AvgIpc) is 2.20. The van der Waals surface area contributed by atoms with Crippen LogP contribution in [0.25, 0.3) is 0 Å². The van der Waals surface area contributed by atoms with E-state index < -0.39 is 11.9 Å². The van der Waals surface area contributed by atoms with E-state index in [1.54, 1.807) is 0 Å². The molecule has 0 aliphatic rings. The van der Waals surface area contributed by atoms with Gasteiger partial charge in [0, 0.05) is 25.9 Å². The van der Waals surface area contributed by atoms with Crippen LogP contribution in [0.15, 0.2) is 0 Å². The molecule has 2 N–H and O–H groups in total. The van der Waals surface area contributed by atoms with Crippen molar-refractivity contribution >= 4 is 17.8 Å². The van der Waals surface area contributed by atoms with E-state index in [0.717, 1.165) is 0 Å². The summed E-state index contributed by atoms with van der Waals surface area (Å²) in [4.78, 5) is 34.2. The first-order chi connectivity index (χ1) is 8.32. The van der Waals surface area contributed by atoms with Gasteiger partial charge in [0.15, 0.2) is 0 Å². The van der Waals surface area contributed by atoms with Crippen LogP contribution in [0.1, 0.15) is 39.5 Å². The van der Waals surface area contributed by atoms with Crippen molar-refractivity contribution in [3.63, 3.8) is 0 Å². The van der Waals surface area contributed by atoms with Gasteiger partial charge in [0.2, 0.25) is 5.91 Å². The number of carboxylic acid groups (broad SMARTS) is 2. The van der Waals surface area contributed by atoms with E-state index in [1.165, 1.54) is 4.90 Å². The summed E-state index contributed by atoms with van der Waals surface area (Å²) in [6.07, 6.45) is 0.570. The van der Waals surface area contributed by atoms with Gasteiger partial charge in [0.05, 0.1) is 6.42 Å². The highest BCUT2D eigenvalue weighted by Gasteiger charge is 2.16. The smallest absolute Gasteiger partial charge is 0.305 e. The monoisotopic (exact) mass is 259 g/mol. The fourth-order valence-corrected chi connectivity index (χ4v) is 1.49. The topological polar surface area (TPSA) is 94.9 Å². The quantitative estimate of drug-likeness (QED) is 0.648. The molecule has 1 amide bonds. The van der Waals surface area contributed by atoms with E-state index in [-0.39, 0.29) is 31.2 Å². The maximum Gasteiger partial charge on any atom is 0.305 e. The molecule has 0 fully saturated rings. The summed E-state index contributed by atoms with van der Waals surface area (Å²) in [6.45, 7) is 4.25. The highest BCUT2D eigenvalue weighted by atomic mass is 16.4. The number of hydrogen-bond donors (Lipinski definition) is 2. The van der Waals surface area contributed by atoms with Gasteiger partial charge >= 0.3 is 11.9 Å². The lowest BCUT2D eigenvalue weighted by atomic mass is 10.1. The number of carboxylic acids is 2. The van der Waals surface area contributed by atoms with Crippen LogP contribution in [0, 0.1) is 5.92 Å². The van der Waals surface area contributed by atoms with Gasteiger partial charge in [-0.1, -0.05) is 13.8 Å². The molecule has 0 aromatic heterocycles. The Morgan fingerprint density at radius 3 is 2.00 bits per heavy atom. The third kappa shape index (κ3) is 8.55. The van der Waals surface area contributed by atoms with E-state index in [4.69, 9.17) is 10.2 Å². The van der Waals surface area contributed by atoms with Crippen molar-refractivity contribution in [3.8, 4) is 0 Å². The number of aliphatic carboxylic acids is 2. The zero-order valence-corrected chi connectivity index (χ0v) is 10.9. The predicted octanol–water partition coefficient (Wildman–Crippen LogP) is 1.20. The molecule has 0 spiro atoms. The number of nitrogens with zero attached hydrogens (tertiary/aromatic N) is 1. The number of carbonyl (C=O) groups is 3. The van der Waals surface area contributed by atoms with Crippen molar-refractivity contribution in [3.05, 3.63) is 0 Å². The van der Waals surface area contributed by atoms with Gasteiger partial charge in [0.25, 0.3) is 0 Å². The third-order valence-electron chi connectivity index (χ3n) is 2.35. The molecule has 0 bridgehead atoms. The molecule has 0 unspecified atom stereocenters. The van der Waals surface area contributed by atoms with Crippen molar-refractivity contribution in [1.29, 1.82) is 0 Å². The summed E-state index contributed by atoms with van der Waals surface area (Å²) in [5.41, 5.74) is 0. The van der Waals surface area contributed by atoms with E-state index >= 15 is 0 Å². The van der Waals surface area contributed by atoms with Crippen LogP contribution in [0.4, 0.5) is 0 Å². The minimum Gasteiger partial charge on any atom is -0.481 e. The van der Waals surface area contributed by atoms with Crippen LogP contribution in [-0.2, 0) is 14.4 Å². The molecule has 0 heterocycles. The lowest BCUT2D eigenvalue weighted by Gasteiger charge is -2.22. The first kappa shape index (κ1) is 16.4. The maximum atomic E-state index is 11.8. The van der Waals surface area contributed by atoms with E-state index in [2.05, 4.69) is 0 Å². The van der Waals surface area contributed by atoms with Crippen LogP contribution in [0.5, 0.6) is 0 Å². The number of rotatable bonds is 9. The molecular weight excluding hydrogens is 238 g/mol. The van der Waals surface area contributed by atoms with Gasteiger partial charge in [-0.3, -0.25) is 14.4 Å². The Kier molecular flexibility index (Phi) is 7.74. The molecule has 0 saturated carbocycles. The number of hydrogen-bond acceptors (Lipinski definition) is 3. The molecule has 0 aromatic rings. The molecule has 18 heavy (non-hydrogen) atoms. The second-order valence-corrected chi connectivity index (χ2v) is 4.62. The van der Waals surface area contributed by atoms with Crippen molar-refractivity contribution in [2.24, 2.45) is 5.92 Å². The Balaban J connectivity index is 4.26. The van der Waals surface area contributed by atoms with Gasteiger partial charge in [-0.15, -0.1) is 0 Å².